The topological polar surface area (TPSA) is 268 Å². The van der Waals surface area contributed by atoms with Crippen molar-refractivity contribution in [2.45, 2.75) is 68.3 Å². The number of phenolic OH excluding ortho intramolecular Hbond substituents is 3. The van der Waals surface area contributed by atoms with Gasteiger partial charge in [0, 0.05) is 11.6 Å². The molecule has 17 heteroatoms. The molecule has 0 amide bonds. The number of aliphatic hydroxyl groups is 6. The second-order valence-electron chi connectivity index (χ2n) is 10.8. The lowest BCUT2D eigenvalue weighted by atomic mass is 9.98. The highest BCUT2D eigenvalue weighted by Crippen LogP contribution is 2.45. The molecule has 5 rings (SSSR count). The molecule has 1 aromatic heterocycles. The zero-order chi connectivity index (χ0) is 33.6. The summed E-state index contributed by atoms with van der Waals surface area (Å²) in [6.07, 6.45) is -16.2. The highest BCUT2D eigenvalue weighted by atomic mass is 16.7. The predicted molar refractivity (Wildman–Crippen MR) is 152 cm³/mol. The maximum absolute atomic E-state index is 13.9. The summed E-state index contributed by atoms with van der Waals surface area (Å²) in [6.45, 7) is 0.820. The zero-order valence-electron chi connectivity index (χ0n) is 24.6. The van der Waals surface area contributed by atoms with Gasteiger partial charge in [-0.2, -0.15) is 0 Å². The highest BCUT2D eigenvalue weighted by molar-refractivity contribution is 5.91. The van der Waals surface area contributed by atoms with Crippen LogP contribution in [0.2, 0.25) is 0 Å². The van der Waals surface area contributed by atoms with Gasteiger partial charge in [0.1, 0.15) is 53.7 Å². The van der Waals surface area contributed by atoms with E-state index in [0.717, 1.165) is 12.1 Å². The Hall–Kier alpha value is -3.91. The number of fused-ring (bicyclic) bond motifs is 1. The Morgan fingerprint density at radius 1 is 0.761 bits per heavy atom. The Morgan fingerprint density at radius 3 is 2.09 bits per heavy atom. The van der Waals surface area contributed by atoms with Crippen molar-refractivity contribution in [1.29, 1.82) is 0 Å². The van der Waals surface area contributed by atoms with E-state index in [-0.39, 0.29) is 28.4 Å². The van der Waals surface area contributed by atoms with Crippen molar-refractivity contribution in [2.24, 2.45) is 0 Å². The molecule has 0 radical (unpaired) electrons. The van der Waals surface area contributed by atoms with Crippen LogP contribution >= 0.6 is 0 Å². The van der Waals surface area contributed by atoms with Gasteiger partial charge in [-0.15, -0.1) is 0 Å². The van der Waals surface area contributed by atoms with Gasteiger partial charge in [0.15, 0.2) is 35.0 Å². The molecular formula is C29H34O17. The Balaban J connectivity index is 1.53. The average molecular weight is 655 g/mol. The minimum Gasteiger partial charge on any atom is -0.504 e. The molecule has 0 spiro atoms. The first-order valence-corrected chi connectivity index (χ1v) is 13.9. The number of aromatic hydroxyl groups is 3. The third-order valence-electron chi connectivity index (χ3n) is 7.83. The number of phenols is 3. The fourth-order valence-electron chi connectivity index (χ4n) is 5.20. The number of hydrogen-bond donors (Lipinski definition) is 9. The summed E-state index contributed by atoms with van der Waals surface area (Å²) < 4.78 is 38.6. The van der Waals surface area contributed by atoms with Crippen molar-refractivity contribution < 1.29 is 78.8 Å². The summed E-state index contributed by atoms with van der Waals surface area (Å²) in [5.74, 6) is -3.05. The van der Waals surface area contributed by atoms with Gasteiger partial charge in [0.2, 0.25) is 23.2 Å². The van der Waals surface area contributed by atoms with Crippen molar-refractivity contribution in [3.63, 3.8) is 0 Å². The third kappa shape index (κ3) is 5.88. The number of hydrogen-bond acceptors (Lipinski definition) is 17. The van der Waals surface area contributed by atoms with E-state index in [9.17, 15) is 50.8 Å². The molecular weight excluding hydrogens is 620 g/mol. The van der Waals surface area contributed by atoms with Crippen LogP contribution in [0.25, 0.3) is 22.3 Å². The number of methoxy groups -OCH3 is 2. The average Bonchev–Trinajstić information content (AvgIpc) is 3.03. The molecule has 2 saturated heterocycles. The number of aliphatic hydroxyl groups excluding tert-OH is 6. The van der Waals surface area contributed by atoms with E-state index in [2.05, 4.69) is 0 Å². The first kappa shape index (κ1) is 33.5. The lowest BCUT2D eigenvalue weighted by Gasteiger charge is -2.42. The zero-order valence-corrected chi connectivity index (χ0v) is 24.6. The smallest absolute Gasteiger partial charge is 0.239 e. The first-order valence-electron chi connectivity index (χ1n) is 13.9. The van der Waals surface area contributed by atoms with E-state index < -0.39 is 102 Å². The quantitative estimate of drug-likeness (QED) is 0.127. The van der Waals surface area contributed by atoms with Gasteiger partial charge >= 0.3 is 0 Å². The molecule has 0 aliphatic carbocycles. The normalized spacial score (nSPS) is 31.5. The van der Waals surface area contributed by atoms with Crippen LogP contribution in [0.4, 0.5) is 0 Å². The fourth-order valence-corrected chi connectivity index (χ4v) is 5.20. The van der Waals surface area contributed by atoms with Crippen molar-refractivity contribution in [3.05, 3.63) is 34.5 Å². The van der Waals surface area contributed by atoms with Gasteiger partial charge < -0.3 is 78.8 Å². The summed E-state index contributed by atoms with van der Waals surface area (Å²) in [5, 5.41) is 92.7. The summed E-state index contributed by atoms with van der Waals surface area (Å²) in [6, 6.07) is 4.66. The monoisotopic (exact) mass is 654 g/mol. The Morgan fingerprint density at radius 2 is 1.43 bits per heavy atom. The van der Waals surface area contributed by atoms with E-state index in [1.54, 1.807) is 0 Å². The molecule has 252 valence electrons. The van der Waals surface area contributed by atoms with E-state index in [4.69, 9.17) is 32.8 Å². The van der Waals surface area contributed by atoms with Crippen molar-refractivity contribution in [3.8, 4) is 45.8 Å². The number of rotatable bonds is 8. The van der Waals surface area contributed by atoms with Gasteiger partial charge in [-0.3, -0.25) is 4.79 Å². The van der Waals surface area contributed by atoms with Gasteiger partial charge in [-0.05, 0) is 25.1 Å². The van der Waals surface area contributed by atoms with Crippen molar-refractivity contribution >= 4 is 11.0 Å². The molecule has 2 aliphatic heterocycles. The molecule has 3 aromatic rings. The first-order chi connectivity index (χ1) is 21.8. The molecule has 0 bridgehead atoms. The second-order valence-corrected chi connectivity index (χ2v) is 10.8. The summed E-state index contributed by atoms with van der Waals surface area (Å²) >= 11 is 0. The minimum absolute atomic E-state index is 0.00158. The molecule has 2 aromatic carbocycles. The van der Waals surface area contributed by atoms with Crippen LogP contribution < -0.4 is 19.6 Å². The Kier molecular flexibility index (Phi) is 9.50. The maximum Gasteiger partial charge on any atom is 0.239 e. The van der Waals surface area contributed by atoms with Crippen LogP contribution in [0.3, 0.4) is 0 Å². The lowest BCUT2D eigenvalue weighted by Crippen LogP contribution is -2.61. The van der Waals surface area contributed by atoms with Crippen LogP contribution in [0.1, 0.15) is 6.92 Å². The summed E-state index contributed by atoms with van der Waals surface area (Å²) in [5.41, 5.74) is -1.25. The van der Waals surface area contributed by atoms with Gasteiger partial charge in [-0.1, -0.05) is 0 Å². The van der Waals surface area contributed by atoms with Gasteiger partial charge in [-0.25, -0.2) is 0 Å². The number of benzene rings is 2. The molecule has 0 saturated carbocycles. The van der Waals surface area contributed by atoms with E-state index >= 15 is 0 Å². The predicted octanol–water partition coefficient (Wildman–Crippen LogP) is -1.38. The fraction of sp³-hybridized carbons (Fsp3) is 0.483. The van der Waals surface area contributed by atoms with Gasteiger partial charge in [0.05, 0.1) is 26.9 Å². The standard InChI is InChI=1S/C29H34O17/c1-9-17(32)21(36)23(38)28(43-9)42-8-15-18(33)22(37)24(39)29(45-15)46-27-20(35)16-13(7-14(40-2)26(41-3)19(16)34)44-25(27)10-4-5-11(30)12(31)6-10/h4-7,9,15,17-18,21-24,28-34,36-39H,8H2,1-3H3/t9-,15+,17-,18-,21+,22-,23+,24+,28+,29-/m0/s1. The van der Waals surface area contributed by atoms with Crippen LogP contribution in [0, 0.1) is 0 Å². The molecule has 2 fully saturated rings. The number of ether oxygens (including phenoxy) is 6. The SMILES string of the molecule is COc1cc2oc(-c3ccc(O)c(O)c3)c(O[C@@H]3O[C@H](CO[C@@H]4O[C@@H](C)[C@H](O)[C@@H](O)[C@H]4O)[C@H](O)[C@H](O)[C@H]3O)c(=O)c2c(O)c1OC. The van der Waals surface area contributed by atoms with Gasteiger partial charge in [0.25, 0.3) is 0 Å². The Bertz CT molecular complexity index is 1620. The van der Waals surface area contributed by atoms with E-state index in [1.165, 1.54) is 33.3 Å². The van der Waals surface area contributed by atoms with Crippen LogP contribution in [0.15, 0.2) is 33.5 Å². The van der Waals surface area contributed by atoms with Crippen LogP contribution in [-0.2, 0) is 14.2 Å². The van der Waals surface area contributed by atoms with E-state index in [1.807, 2.05) is 0 Å². The minimum atomic E-state index is -1.98. The summed E-state index contributed by atoms with van der Waals surface area (Å²) in [4.78, 5) is 13.9. The van der Waals surface area contributed by atoms with Crippen LogP contribution in [-0.4, -0.2) is 128 Å². The summed E-state index contributed by atoms with van der Waals surface area (Å²) in [7, 11) is 2.50. The second kappa shape index (κ2) is 13.1. The largest absolute Gasteiger partial charge is 0.504 e. The lowest BCUT2D eigenvalue weighted by molar-refractivity contribution is -0.318. The molecule has 10 atom stereocenters. The van der Waals surface area contributed by atoms with Crippen molar-refractivity contribution in [1.82, 2.24) is 0 Å². The third-order valence-corrected chi connectivity index (χ3v) is 7.83. The Labute approximate surface area is 259 Å². The van der Waals surface area contributed by atoms with Crippen molar-refractivity contribution in [2.75, 3.05) is 20.8 Å². The van der Waals surface area contributed by atoms with Crippen LogP contribution in [0.5, 0.6) is 34.5 Å². The highest BCUT2D eigenvalue weighted by Gasteiger charge is 2.48. The molecule has 3 heterocycles. The molecule has 46 heavy (non-hydrogen) atoms. The molecule has 2 aliphatic rings. The molecule has 17 nitrogen and oxygen atoms in total. The molecule has 9 N–H and O–H groups in total. The molecule has 0 unspecified atom stereocenters. The maximum atomic E-state index is 13.9. The van der Waals surface area contributed by atoms with E-state index in [0.29, 0.717) is 0 Å².